The summed E-state index contributed by atoms with van der Waals surface area (Å²) in [6.07, 6.45) is 1.80. The van der Waals surface area contributed by atoms with E-state index in [-0.39, 0.29) is 30.3 Å². The molecule has 0 saturated carbocycles. The van der Waals surface area contributed by atoms with Crippen molar-refractivity contribution in [3.63, 3.8) is 0 Å². The van der Waals surface area contributed by atoms with Crippen LogP contribution in [0.4, 0.5) is 0 Å². The van der Waals surface area contributed by atoms with Crippen molar-refractivity contribution in [2.75, 3.05) is 32.7 Å². The minimum absolute atomic E-state index is 0.0171. The Balaban J connectivity index is 2.05. The van der Waals surface area contributed by atoms with Crippen molar-refractivity contribution in [3.05, 3.63) is 0 Å². The van der Waals surface area contributed by atoms with Gasteiger partial charge >= 0.3 is 0 Å². The molecule has 2 aliphatic rings. The number of nitrogens with zero attached hydrogens (tertiary/aromatic N) is 3. The molecule has 0 aliphatic carbocycles. The first-order chi connectivity index (χ1) is 10.5. The summed E-state index contributed by atoms with van der Waals surface area (Å²) in [6.45, 7) is 6.16. The standard InChI is InChI=1S/C15H26N4O3/c1-3-17(4-2)15(22)12-8-11(16)9-19(12)14(21)10-18-7-5-6-13(18)20/h11-12H,3-10,16H2,1-2H3/t11-,12-/m0/s1. The van der Waals surface area contributed by atoms with Gasteiger partial charge in [-0.1, -0.05) is 0 Å². The second-order valence-corrected chi connectivity index (χ2v) is 5.99. The Bertz CT molecular complexity index is 450. The first-order valence-electron chi connectivity index (χ1n) is 8.09. The Morgan fingerprint density at radius 3 is 2.55 bits per heavy atom. The van der Waals surface area contributed by atoms with Crippen molar-refractivity contribution in [2.24, 2.45) is 5.73 Å². The van der Waals surface area contributed by atoms with E-state index in [1.165, 1.54) is 0 Å². The number of amides is 3. The Hall–Kier alpha value is -1.63. The molecule has 22 heavy (non-hydrogen) atoms. The highest BCUT2D eigenvalue weighted by molar-refractivity contribution is 5.91. The van der Waals surface area contributed by atoms with E-state index in [2.05, 4.69) is 0 Å². The second kappa shape index (κ2) is 7.09. The van der Waals surface area contributed by atoms with Crippen molar-refractivity contribution in [1.82, 2.24) is 14.7 Å². The van der Waals surface area contributed by atoms with Gasteiger partial charge in [-0.25, -0.2) is 0 Å². The van der Waals surface area contributed by atoms with Crippen LogP contribution in [0.3, 0.4) is 0 Å². The molecule has 0 aromatic rings. The van der Waals surface area contributed by atoms with E-state index >= 15 is 0 Å². The van der Waals surface area contributed by atoms with Crippen LogP contribution in [0.2, 0.25) is 0 Å². The van der Waals surface area contributed by atoms with E-state index in [1.54, 1.807) is 14.7 Å². The number of likely N-dealkylation sites (N-methyl/N-ethyl adjacent to an activating group) is 1. The molecule has 2 saturated heterocycles. The predicted molar refractivity (Wildman–Crippen MR) is 81.8 cm³/mol. The largest absolute Gasteiger partial charge is 0.341 e. The molecule has 2 heterocycles. The highest BCUT2D eigenvalue weighted by Gasteiger charge is 2.40. The molecule has 2 aliphatic heterocycles. The number of rotatable bonds is 5. The van der Waals surface area contributed by atoms with Gasteiger partial charge in [-0.3, -0.25) is 14.4 Å². The smallest absolute Gasteiger partial charge is 0.245 e. The fourth-order valence-corrected chi connectivity index (χ4v) is 3.25. The number of carbonyl (C=O) groups excluding carboxylic acids is 3. The van der Waals surface area contributed by atoms with Crippen LogP contribution in [0.15, 0.2) is 0 Å². The van der Waals surface area contributed by atoms with Gasteiger partial charge in [-0.2, -0.15) is 0 Å². The van der Waals surface area contributed by atoms with E-state index in [0.717, 1.165) is 6.42 Å². The highest BCUT2D eigenvalue weighted by Crippen LogP contribution is 2.20. The molecule has 124 valence electrons. The molecular weight excluding hydrogens is 284 g/mol. The van der Waals surface area contributed by atoms with Crippen LogP contribution >= 0.6 is 0 Å². The van der Waals surface area contributed by atoms with Crippen LogP contribution in [0.1, 0.15) is 33.1 Å². The molecule has 7 nitrogen and oxygen atoms in total. The molecule has 2 atom stereocenters. The molecule has 0 bridgehead atoms. The monoisotopic (exact) mass is 310 g/mol. The Labute approximate surface area is 131 Å². The molecule has 3 amide bonds. The van der Waals surface area contributed by atoms with Gasteiger partial charge < -0.3 is 20.4 Å². The topological polar surface area (TPSA) is 86.9 Å². The summed E-state index contributed by atoms with van der Waals surface area (Å²) in [6, 6.07) is -0.664. The van der Waals surface area contributed by atoms with Gasteiger partial charge in [0.2, 0.25) is 17.7 Å². The van der Waals surface area contributed by atoms with Gasteiger partial charge in [-0.05, 0) is 26.7 Å². The first-order valence-corrected chi connectivity index (χ1v) is 8.09. The zero-order chi connectivity index (χ0) is 16.3. The predicted octanol–water partition coefficient (Wildman–Crippen LogP) is -0.595. The van der Waals surface area contributed by atoms with Gasteiger partial charge in [-0.15, -0.1) is 0 Å². The third-order valence-corrected chi connectivity index (χ3v) is 4.51. The molecule has 0 spiro atoms. The minimum Gasteiger partial charge on any atom is -0.341 e. The molecule has 0 unspecified atom stereocenters. The van der Waals surface area contributed by atoms with Crippen LogP contribution in [0.25, 0.3) is 0 Å². The molecule has 2 rings (SSSR count). The molecule has 0 radical (unpaired) electrons. The van der Waals surface area contributed by atoms with Crippen molar-refractivity contribution in [1.29, 1.82) is 0 Å². The lowest BCUT2D eigenvalue weighted by Gasteiger charge is -2.30. The van der Waals surface area contributed by atoms with Crippen molar-refractivity contribution in [3.8, 4) is 0 Å². The summed E-state index contributed by atoms with van der Waals surface area (Å²) in [4.78, 5) is 41.6. The number of nitrogens with two attached hydrogens (primary N) is 1. The van der Waals surface area contributed by atoms with Crippen LogP contribution in [0.5, 0.6) is 0 Å². The maximum Gasteiger partial charge on any atom is 0.245 e. The number of carbonyl (C=O) groups is 3. The van der Waals surface area contributed by atoms with Crippen LogP contribution in [-0.4, -0.2) is 77.2 Å². The minimum atomic E-state index is -0.486. The van der Waals surface area contributed by atoms with Crippen LogP contribution in [-0.2, 0) is 14.4 Å². The lowest BCUT2D eigenvalue weighted by atomic mass is 10.1. The molecule has 2 fully saturated rings. The molecule has 7 heteroatoms. The van der Waals surface area contributed by atoms with E-state index in [0.29, 0.717) is 39.0 Å². The Morgan fingerprint density at radius 2 is 2.00 bits per heavy atom. The zero-order valence-electron chi connectivity index (χ0n) is 13.5. The SMILES string of the molecule is CCN(CC)C(=O)[C@@H]1C[C@H](N)CN1C(=O)CN1CCCC1=O. The van der Waals surface area contributed by atoms with E-state index < -0.39 is 6.04 Å². The molecular formula is C15H26N4O3. The van der Waals surface area contributed by atoms with Crippen molar-refractivity contribution >= 4 is 17.7 Å². The average molecular weight is 310 g/mol. The molecule has 2 N–H and O–H groups in total. The van der Waals surface area contributed by atoms with Crippen molar-refractivity contribution in [2.45, 2.75) is 45.2 Å². The molecule has 0 aromatic carbocycles. The van der Waals surface area contributed by atoms with Crippen molar-refractivity contribution < 1.29 is 14.4 Å². The highest BCUT2D eigenvalue weighted by atomic mass is 16.2. The van der Waals surface area contributed by atoms with Gasteiger partial charge in [0, 0.05) is 38.6 Å². The van der Waals surface area contributed by atoms with E-state index in [4.69, 9.17) is 5.73 Å². The summed E-state index contributed by atoms with van der Waals surface area (Å²) >= 11 is 0. The van der Waals surface area contributed by atoms with Gasteiger partial charge in [0.25, 0.3) is 0 Å². The lowest BCUT2D eigenvalue weighted by Crippen LogP contribution is -2.50. The first kappa shape index (κ1) is 16.7. The summed E-state index contributed by atoms with van der Waals surface area (Å²) in [5.74, 6) is -0.198. The third-order valence-electron chi connectivity index (χ3n) is 4.51. The maximum atomic E-state index is 12.6. The van der Waals surface area contributed by atoms with Gasteiger partial charge in [0.15, 0.2) is 0 Å². The fraction of sp³-hybridized carbons (Fsp3) is 0.800. The van der Waals surface area contributed by atoms with Gasteiger partial charge in [0.05, 0.1) is 6.54 Å². The summed E-state index contributed by atoms with van der Waals surface area (Å²) < 4.78 is 0. The summed E-state index contributed by atoms with van der Waals surface area (Å²) in [5, 5.41) is 0. The zero-order valence-corrected chi connectivity index (χ0v) is 13.5. The number of hydrogen-bond acceptors (Lipinski definition) is 4. The van der Waals surface area contributed by atoms with Crippen LogP contribution < -0.4 is 5.73 Å². The number of hydrogen-bond donors (Lipinski definition) is 1. The quantitative estimate of drug-likeness (QED) is 0.735. The maximum absolute atomic E-state index is 12.6. The third kappa shape index (κ3) is 3.40. The normalized spacial score (nSPS) is 25.0. The van der Waals surface area contributed by atoms with Gasteiger partial charge in [0.1, 0.15) is 6.04 Å². The lowest BCUT2D eigenvalue weighted by molar-refractivity contribution is -0.145. The Morgan fingerprint density at radius 1 is 1.32 bits per heavy atom. The second-order valence-electron chi connectivity index (χ2n) is 5.99. The van der Waals surface area contributed by atoms with E-state index in [9.17, 15) is 14.4 Å². The molecule has 0 aromatic heterocycles. The van der Waals surface area contributed by atoms with E-state index in [1.807, 2.05) is 13.8 Å². The summed E-state index contributed by atoms with van der Waals surface area (Å²) in [7, 11) is 0. The number of likely N-dealkylation sites (tertiary alicyclic amines) is 2. The van der Waals surface area contributed by atoms with Crippen LogP contribution in [0, 0.1) is 0 Å². The average Bonchev–Trinajstić information content (AvgIpc) is 3.06. The fourth-order valence-electron chi connectivity index (χ4n) is 3.25. The Kier molecular flexibility index (Phi) is 5.39. The summed E-state index contributed by atoms with van der Waals surface area (Å²) in [5.41, 5.74) is 5.96.